The molecule has 1 aliphatic rings. The van der Waals surface area contributed by atoms with Crippen LogP contribution in [0.5, 0.6) is 0 Å². The quantitative estimate of drug-likeness (QED) is 0.794. The summed E-state index contributed by atoms with van der Waals surface area (Å²) in [4.78, 5) is 26.2. The van der Waals surface area contributed by atoms with Gasteiger partial charge in [-0.25, -0.2) is 4.39 Å². The first-order valence-electron chi connectivity index (χ1n) is 7.98. The average molecular weight is 346 g/mol. The van der Waals surface area contributed by atoms with E-state index < -0.39 is 0 Å². The minimum Gasteiger partial charge on any atom is -0.383 e. The maximum Gasteiger partial charge on any atom is 0.272 e. The first-order chi connectivity index (χ1) is 12.1. The molecule has 0 radical (unpaired) electrons. The van der Waals surface area contributed by atoms with E-state index in [9.17, 15) is 14.0 Å². The lowest BCUT2D eigenvalue weighted by molar-refractivity contribution is 0.0681. The molecule has 1 aromatic carbocycles. The number of carbonyl (C=O) groups is 2. The first-order valence-corrected chi connectivity index (χ1v) is 7.98. The van der Waals surface area contributed by atoms with Gasteiger partial charge in [0.1, 0.15) is 11.5 Å². The van der Waals surface area contributed by atoms with Gasteiger partial charge in [-0.15, -0.1) is 0 Å². The molecule has 0 fully saturated rings. The molecule has 2 amide bonds. The van der Waals surface area contributed by atoms with Crippen LogP contribution in [0.1, 0.15) is 26.5 Å². The molecule has 0 atom stereocenters. The van der Waals surface area contributed by atoms with Gasteiger partial charge in [0.05, 0.1) is 13.2 Å². The highest BCUT2D eigenvalue weighted by atomic mass is 19.1. The smallest absolute Gasteiger partial charge is 0.272 e. The van der Waals surface area contributed by atoms with Gasteiger partial charge in [-0.05, 0) is 6.07 Å². The summed E-state index contributed by atoms with van der Waals surface area (Å²) in [6.45, 7) is 1.82. The van der Waals surface area contributed by atoms with E-state index in [-0.39, 0.29) is 29.9 Å². The molecule has 25 heavy (non-hydrogen) atoms. The predicted octanol–water partition coefficient (Wildman–Crippen LogP) is 1.05. The SMILES string of the molecule is COCCNC(=O)c1cc2n(n1)CCN(Cc1ccccc1F)C2=O. The molecule has 8 heteroatoms. The van der Waals surface area contributed by atoms with E-state index in [2.05, 4.69) is 10.4 Å². The Hall–Kier alpha value is -2.74. The maximum atomic E-state index is 13.8. The normalized spacial score (nSPS) is 13.7. The number of fused-ring (bicyclic) bond motifs is 1. The van der Waals surface area contributed by atoms with Gasteiger partial charge in [0, 0.05) is 38.4 Å². The van der Waals surface area contributed by atoms with Crippen molar-refractivity contribution < 1.29 is 18.7 Å². The van der Waals surface area contributed by atoms with Gasteiger partial charge in [-0.2, -0.15) is 5.10 Å². The molecule has 2 heterocycles. The summed E-state index contributed by atoms with van der Waals surface area (Å²) in [6.07, 6.45) is 0. The van der Waals surface area contributed by atoms with Crippen LogP contribution >= 0.6 is 0 Å². The van der Waals surface area contributed by atoms with Crippen LogP contribution < -0.4 is 5.32 Å². The van der Waals surface area contributed by atoms with E-state index in [0.717, 1.165) is 0 Å². The zero-order valence-electron chi connectivity index (χ0n) is 13.9. The van der Waals surface area contributed by atoms with Crippen molar-refractivity contribution in [2.45, 2.75) is 13.1 Å². The number of hydrogen-bond acceptors (Lipinski definition) is 4. The third-order valence-corrected chi connectivity index (χ3v) is 4.01. The van der Waals surface area contributed by atoms with E-state index in [1.54, 1.807) is 30.2 Å². The number of nitrogens with zero attached hydrogens (tertiary/aromatic N) is 3. The monoisotopic (exact) mass is 346 g/mol. The van der Waals surface area contributed by atoms with Crippen LogP contribution in [-0.2, 0) is 17.8 Å². The molecule has 1 aromatic heterocycles. The Kier molecular flexibility index (Phi) is 5.08. The molecule has 132 valence electrons. The van der Waals surface area contributed by atoms with Crippen molar-refractivity contribution in [3.63, 3.8) is 0 Å². The van der Waals surface area contributed by atoms with Gasteiger partial charge in [-0.1, -0.05) is 18.2 Å². The Morgan fingerprint density at radius 1 is 1.36 bits per heavy atom. The zero-order valence-corrected chi connectivity index (χ0v) is 13.9. The number of benzene rings is 1. The van der Waals surface area contributed by atoms with E-state index in [1.807, 2.05) is 0 Å². The fourth-order valence-corrected chi connectivity index (χ4v) is 2.69. The highest BCUT2D eigenvalue weighted by Gasteiger charge is 2.28. The fraction of sp³-hybridized carbons (Fsp3) is 0.353. The number of rotatable bonds is 6. The summed E-state index contributed by atoms with van der Waals surface area (Å²) in [7, 11) is 1.55. The Morgan fingerprint density at radius 2 is 2.16 bits per heavy atom. The van der Waals surface area contributed by atoms with Crippen molar-refractivity contribution in [3.05, 3.63) is 53.1 Å². The molecule has 1 aliphatic heterocycles. The van der Waals surface area contributed by atoms with Crippen molar-refractivity contribution in [2.24, 2.45) is 0 Å². The average Bonchev–Trinajstić information content (AvgIpc) is 3.04. The molecule has 0 bridgehead atoms. The Balaban J connectivity index is 1.72. The topological polar surface area (TPSA) is 76.5 Å². The lowest BCUT2D eigenvalue weighted by Crippen LogP contribution is -2.40. The molecule has 3 rings (SSSR count). The molecule has 0 saturated heterocycles. The highest BCUT2D eigenvalue weighted by molar-refractivity contribution is 5.98. The molecule has 1 N–H and O–H groups in total. The number of ether oxygens (including phenoxy) is 1. The molecule has 0 saturated carbocycles. The fourth-order valence-electron chi connectivity index (χ4n) is 2.69. The van der Waals surface area contributed by atoms with Crippen molar-refractivity contribution in [1.29, 1.82) is 0 Å². The second-order valence-corrected chi connectivity index (χ2v) is 5.70. The van der Waals surface area contributed by atoms with Crippen molar-refractivity contribution >= 4 is 11.8 Å². The second kappa shape index (κ2) is 7.43. The Labute approximate surface area is 144 Å². The number of nitrogens with one attached hydrogen (secondary N) is 1. The van der Waals surface area contributed by atoms with Gasteiger partial charge in [0.15, 0.2) is 5.69 Å². The van der Waals surface area contributed by atoms with Gasteiger partial charge in [-0.3, -0.25) is 14.3 Å². The van der Waals surface area contributed by atoms with Gasteiger partial charge < -0.3 is 15.0 Å². The van der Waals surface area contributed by atoms with Crippen molar-refractivity contribution in [1.82, 2.24) is 20.0 Å². The van der Waals surface area contributed by atoms with Crippen LogP contribution in [0.25, 0.3) is 0 Å². The number of methoxy groups -OCH3 is 1. The number of hydrogen-bond donors (Lipinski definition) is 1. The summed E-state index contributed by atoms with van der Waals surface area (Å²) < 4.78 is 20.2. The Bertz CT molecular complexity index is 790. The number of carbonyl (C=O) groups excluding carboxylic acids is 2. The lowest BCUT2D eigenvalue weighted by Gasteiger charge is -2.27. The second-order valence-electron chi connectivity index (χ2n) is 5.70. The highest BCUT2D eigenvalue weighted by Crippen LogP contribution is 2.18. The van der Waals surface area contributed by atoms with E-state index >= 15 is 0 Å². The first kappa shape index (κ1) is 17.1. The van der Waals surface area contributed by atoms with E-state index in [4.69, 9.17) is 4.74 Å². The van der Waals surface area contributed by atoms with Gasteiger partial charge in [0.2, 0.25) is 0 Å². The molecular formula is C17H19FN4O3. The summed E-state index contributed by atoms with van der Waals surface area (Å²) in [5.74, 6) is -0.960. The minimum absolute atomic E-state index is 0.187. The largest absolute Gasteiger partial charge is 0.383 e. The van der Waals surface area contributed by atoms with Crippen molar-refractivity contribution in [3.8, 4) is 0 Å². The molecule has 0 aliphatic carbocycles. The minimum atomic E-state index is -0.354. The number of aromatic nitrogens is 2. The van der Waals surface area contributed by atoms with E-state index in [1.165, 1.54) is 16.8 Å². The van der Waals surface area contributed by atoms with Crippen LogP contribution in [0, 0.1) is 5.82 Å². The van der Waals surface area contributed by atoms with Crippen LogP contribution in [0.2, 0.25) is 0 Å². The number of halogens is 1. The lowest BCUT2D eigenvalue weighted by atomic mass is 10.1. The van der Waals surface area contributed by atoms with Gasteiger partial charge in [0.25, 0.3) is 11.8 Å². The molecule has 0 unspecified atom stereocenters. The van der Waals surface area contributed by atoms with Crippen LogP contribution in [-0.4, -0.2) is 53.3 Å². The third kappa shape index (κ3) is 3.69. The van der Waals surface area contributed by atoms with Gasteiger partial charge >= 0.3 is 0 Å². The van der Waals surface area contributed by atoms with Crippen LogP contribution in [0.15, 0.2) is 30.3 Å². The van der Waals surface area contributed by atoms with Crippen LogP contribution in [0.3, 0.4) is 0 Å². The summed E-state index contributed by atoms with van der Waals surface area (Å²) in [6, 6.07) is 7.84. The molecule has 2 aromatic rings. The molecular weight excluding hydrogens is 327 g/mol. The molecule has 7 nitrogen and oxygen atoms in total. The van der Waals surface area contributed by atoms with Crippen LogP contribution in [0.4, 0.5) is 4.39 Å². The summed E-state index contributed by atoms with van der Waals surface area (Å²) >= 11 is 0. The third-order valence-electron chi connectivity index (χ3n) is 4.01. The zero-order chi connectivity index (χ0) is 17.8. The standard InChI is InChI=1S/C17H19FN4O3/c1-25-9-6-19-16(23)14-10-15-17(24)21(7-8-22(15)20-14)11-12-4-2-3-5-13(12)18/h2-5,10H,6-9,11H2,1H3,(H,19,23). The maximum absolute atomic E-state index is 13.8. The summed E-state index contributed by atoms with van der Waals surface area (Å²) in [5.41, 5.74) is 0.980. The number of amides is 2. The van der Waals surface area contributed by atoms with E-state index in [0.29, 0.717) is 37.5 Å². The Morgan fingerprint density at radius 3 is 2.92 bits per heavy atom. The summed E-state index contributed by atoms with van der Waals surface area (Å²) in [5, 5.41) is 6.85. The molecule has 0 spiro atoms. The predicted molar refractivity (Wildman–Crippen MR) is 87.6 cm³/mol. The van der Waals surface area contributed by atoms with Crippen molar-refractivity contribution in [2.75, 3.05) is 26.8 Å².